The second-order valence-electron chi connectivity index (χ2n) is 5.15. The van der Waals surface area contributed by atoms with Crippen molar-refractivity contribution in [3.05, 3.63) is 21.6 Å². The molecule has 0 amide bonds. The van der Waals surface area contributed by atoms with Crippen molar-refractivity contribution >= 4 is 17.3 Å². The van der Waals surface area contributed by atoms with Crippen molar-refractivity contribution in [1.82, 2.24) is 14.7 Å². The number of hydrogen-bond acceptors (Lipinski definition) is 4. The third-order valence-corrected chi connectivity index (χ3v) is 3.82. The van der Waals surface area contributed by atoms with Crippen LogP contribution in [0.5, 0.6) is 0 Å². The summed E-state index contributed by atoms with van der Waals surface area (Å²) in [5.41, 5.74) is 0.450. The fourth-order valence-electron chi connectivity index (χ4n) is 2.31. The molecular weight excluding hydrogens is 264 g/mol. The Morgan fingerprint density at radius 1 is 1.58 bits per heavy atom. The van der Waals surface area contributed by atoms with Gasteiger partial charge in [0, 0.05) is 19.1 Å². The molecule has 1 aromatic heterocycles. The average Bonchev–Trinajstić information content (AvgIpc) is 2.80. The summed E-state index contributed by atoms with van der Waals surface area (Å²) in [6.07, 6.45) is 4.69. The molecule has 2 heterocycles. The lowest BCUT2D eigenvalue weighted by molar-refractivity contribution is 0.414. The van der Waals surface area contributed by atoms with Gasteiger partial charge in [0.2, 0.25) is 0 Å². The maximum atomic E-state index is 12.1. The minimum atomic E-state index is -0.202. The Balaban J connectivity index is 2.10. The zero-order valence-electron chi connectivity index (χ0n) is 11.5. The molecule has 2 rings (SSSR count). The smallest absolute Gasteiger partial charge is 0.287 e. The van der Waals surface area contributed by atoms with Gasteiger partial charge in [-0.3, -0.25) is 4.79 Å². The molecule has 1 unspecified atom stereocenters. The third-order valence-electron chi connectivity index (χ3n) is 3.46. The van der Waals surface area contributed by atoms with Gasteiger partial charge in [0.1, 0.15) is 5.02 Å². The second-order valence-corrected chi connectivity index (χ2v) is 5.52. The van der Waals surface area contributed by atoms with E-state index in [-0.39, 0.29) is 10.6 Å². The highest BCUT2D eigenvalue weighted by molar-refractivity contribution is 6.32. The van der Waals surface area contributed by atoms with E-state index >= 15 is 0 Å². The first-order valence-electron chi connectivity index (χ1n) is 6.82. The minimum Gasteiger partial charge on any atom is -0.378 e. The molecule has 1 fully saturated rings. The number of unbranched alkanes of at least 4 members (excludes halogenated alkanes) is 1. The number of anilines is 1. The van der Waals surface area contributed by atoms with Crippen LogP contribution in [-0.4, -0.2) is 40.9 Å². The van der Waals surface area contributed by atoms with E-state index in [0.29, 0.717) is 18.3 Å². The van der Waals surface area contributed by atoms with E-state index in [1.165, 1.54) is 4.68 Å². The van der Waals surface area contributed by atoms with Crippen LogP contribution in [0, 0.1) is 0 Å². The number of aryl methyl sites for hydroxylation is 1. The van der Waals surface area contributed by atoms with E-state index in [9.17, 15) is 4.79 Å². The van der Waals surface area contributed by atoms with Gasteiger partial charge in [-0.1, -0.05) is 24.9 Å². The molecule has 0 radical (unpaired) electrons. The Hall–Kier alpha value is -1.07. The lowest BCUT2D eigenvalue weighted by Gasteiger charge is -2.15. The molecule has 106 valence electrons. The largest absolute Gasteiger partial charge is 0.378 e. The van der Waals surface area contributed by atoms with Crippen LogP contribution in [-0.2, 0) is 6.54 Å². The molecule has 0 spiro atoms. The molecule has 0 aromatic carbocycles. The van der Waals surface area contributed by atoms with E-state index in [1.807, 2.05) is 0 Å². The van der Waals surface area contributed by atoms with E-state index in [0.717, 1.165) is 32.4 Å². The maximum Gasteiger partial charge on any atom is 0.287 e. The van der Waals surface area contributed by atoms with Crippen molar-refractivity contribution < 1.29 is 0 Å². The van der Waals surface area contributed by atoms with Gasteiger partial charge in [0.05, 0.1) is 11.9 Å². The molecule has 5 nitrogen and oxygen atoms in total. The zero-order valence-corrected chi connectivity index (χ0v) is 12.3. The Morgan fingerprint density at radius 3 is 3.00 bits per heavy atom. The number of likely N-dealkylation sites (tertiary alicyclic amines) is 1. The molecular formula is C13H21ClN4O. The number of aromatic nitrogens is 2. The van der Waals surface area contributed by atoms with Gasteiger partial charge in [0.15, 0.2) is 0 Å². The highest BCUT2D eigenvalue weighted by atomic mass is 35.5. The van der Waals surface area contributed by atoms with Gasteiger partial charge in [-0.2, -0.15) is 5.10 Å². The predicted octanol–water partition coefficient (Wildman–Crippen LogP) is 1.81. The standard InChI is InChI=1S/C13H21ClN4O/c1-3-4-6-18-13(19)12(14)11(8-15-18)16-10-5-7-17(2)9-10/h8,10,16H,3-7,9H2,1-2H3. The summed E-state index contributed by atoms with van der Waals surface area (Å²) in [5.74, 6) is 0. The number of likely N-dealkylation sites (N-methyl/N-ethyl adjacent to an activating group) is 1. The lowest BCUT2D eigenvalue weighted by atomic mass is 10.2. The average molecular weight is 285 g/mol. The molecule has 1 saturated heterocycles. The summed E-state index contributed by atoms with van der Waals surface area (Å²) in [6.45, 7) is 4.74. The molecule has 0 saturated carbocycles. The summed E-state index contributed by atoms with van der Waals surface area (Å²) in [6, 6.07) is 0.343. The number of rotatable bonds is 5. The van der Waals surface area contributed by atoms with Crippen LogP contribution in [0.2, 0.25) is 5.02 Å². The summed E-state index contributed by atoms with van der Waals surface area (Å²) >= 11 is 6.14. The number of nitrogens with zero attached hydrogens (tertiary/aromatic N) is 3. The highest BCUT2D eigenvalue weighted by Crippen LogP contribution is 2.19. The molecule has 1 N–H and O–H groups in total. The van der Waals surface area contributed by atoms with Crippen LogP contribution in [0.1, 0.15) is 26.2 Å². The van der Waals surface area contributed by atoms with Crippen molar-refractivity contribution in [1.29, 1.82) is 0 Å². The number of hydrogen-bond donors (Lipinski definition) is 1. The first-order valence-corrected chi connectivity index (χ1v) is 7.20. The van der Waals surface area contributed by atoms with Crippen LogP contribution in [0.15, 0.2) is 11.0 Å². The van der Waals surface area contributed by atoms with Crippen LogP contribution < -0.4 is 10.9 Å². The second kappa shape index (κ2) is 6.39. The van der Waals surface area contributed by atoms with Gasteiger partial charge in [-0.05, 0) is 26.4 Å². The topological polar surface area (TPSA) is 50.2 Å². The van der Waals surface area contributed by atoms with E-state index in [2.05, 4.69) is 29.3 Å². The third kappa shape index (κ3) is 3.48. The molecule has 1 aromatic rings. The molecule has 1 aliphatic rings. The number of halogens is 1. The van der Waals surface area contributed by atoms with Gasteiger partial charge >= 0.3 is 0 Å². The molecule has 0 aliphatic carbocycles. The van der Waals surface area contributed by atoms with Crippen LogP contribution >= 0.6 is 11.6 Å². The Kier molecular flexibility index (Phi) is 4.82. The summed E-state index contributed by atoms with van der Waals surface area (Å²) in [7, 11) is 2.09. The van der Waals surface area contributed by atoms with E-state index < -0.39 is 0 Å². The SMILES string of the molecule is CCCCn1ncc(NC2CCN(C)C2)c(Cl)c1=O. The highest BCUT2D eigenvalue weighted by Gasteiger charge is 2.20. The van der Waals surface area contributed by atoms with Crippen molar-refractivity contribution in [3.8, 4) is 0 Å². The van der Waals surface area contributed by atoms with Crippen molar-refractivity contribution in [2.75, 3.05) is 25.5 Å². The fraction of sp³-hybridized carbons (Fsp3) is 0.692. The van der Waals surface area contributed by atoms with E-state index in [4.69, 9.17) is 11.6 Å². The first-order chi connectivity index (χ1) is 9.11. The Morgan fingerprint density at radius 2 is 2.37 bits per heavy atom. The molecule has 6 heteroatoms. The minimum absolute atomic E-state index is 0.202. The van der Waals surface area contributed by atoms with Gasteiger partial charge in [0.25, 0.3) is 5.56 Å². The van der Waals surface area contributed by atoms with Crippen LogP contribution in [0.3, 0.4) is 0 Å². The van der Waals surface area contributed by atoms with Crippen LogP contribution in [0.4, 0.5) is 5.69 Å². The van der Waals surface area contributed by atoms with Gasteiger partial charge in [-0.15, -0.1) is 0 Å². The van der Waals surface area contributed by atoms with Crippen molar-refractivity contribution in [3.63, 3.8) is 0 Å². The first kappa shape index (κ1) is 14.3. The maximum absolute atomic E-state index is 12.1. The normalized spacial score (nSPS) is 19.8. The van der Waals surface area contributed by atoms with Gasteiger partial charge < -0.3 is 10.2 Å². The molecule has 19 heavy (non-hydrogen) atoms. The fourth-order valence-corrected chi connectivity index (χ4v) is 2.51. The quantitative estimate of drug-likeness (QED) is 0.896. The Labute approximate surface area is 118 Å². The monoisotopic (exact) mass is 284 g/mol. The van der Waals surface area contributed by atoms with Crippen molar-refractivity contribution in [2.45, 2.75) is 38.8 Å². The van der Waals surface area contributed by atoms with Gasteiger partial charge in [-0.25, -0.2) is 4.68 Å². The summed E-state index contributed by atoms with van der Waals surface area (Å²) in [5, 5.41) is 7.75. The molecule has 1 atom stereocenters. The summed E-state index contributed by atoms with van der Waals surface area (Å²) in [4.78, 5) is 14.3. The zero-order chi connectivity index (χ0) is 13.8. The molecule has 0 bridgehead atoms. The predicted molar refractivity (Wildman–Crippen MR) is 77.9 cm³/mol. The molecule has 1 aliphatic heterocycles. The summed E-state index contributed by atoms with van der Waals surface area (Å²) < 4.78 is 1.44. The van der Waals surface area contributed by atoms with Crippen LogP contribution in [0.25, 0.3) is 0 Å². The number of nitrogens with one attached hydrogen (secondary N) is 1. The van der Waals surface area contributed by atoms with Crippen molar-refractivity contribution in [2.24, 2.45) is 0 Å². The Bertz CT molecular complexity index is 488. The van der Waals surface area contributed by atoms with E-state index in [1.54, 1.807) is 6.20 Å². The lowest BCUT2D eigenvalue weighted by Crippen LogP contribution is -2.28.